The van der Waals surface area contributed by atoms with Crippen LogP contribution < -0.4 is 10.1 Å². The minimum atomic E-state index is -0.707. The molecule has 3 aromatic carbocycles. The molecule has 5 nitrogen and oxygen atoms in total. The van der Waals surface area contributed by atoms with Crippen LogP contribution in [0.2, 0.25) is 5.02 Å². The second kappa shape index (κ2) is 13.6. The van der Waals surface area contributed by atoms with Crippen molar-refractivity contribution in [3.05, 3.63) is 98.5 Å². The first-order valence-corrected chi connectivity index (χ1v) is 13.6. The van der Waals surface area contributed by atoms with E-state index in [-0.39, 0.29) is 30.9 Å². The van der Waals surface area contributed by atoms with Crippen molar-refractivity contribution >= 4 is 39.3 Å². The number of benzene rings is 3. The maximum atomic E-state index is 13.7. The Hall–Kier alpha value is -2.83. The van der Waals surface area contributed by atoms with Gasteiger partial charge >= 0.3 is 0 Å². The maximum Gasteiger partial charge on any atom is 0.261 e. The van der Waals surface area contributed by atoms with Crippen LogP contribution in [0, 0.1) is 19.8 Å². The van der Waals surface area contributed by atoms with Gasteiger partial charge in [-0.25, -0.2) is 0 Å². The largest absolute Gasteiger partial charge is 0.484 e. The molecule has 0 aliphatic heterocycles. The summed E-state index contributed by atoms with van der Waals surface area (Å²) in [5.41, 5.74) is 3.90. The summed E-state index contributed by atoms with van der Waals surface area (Å²) in [7, 11) is 0. The lowest BCUT2D eigenvalue weighted by atomic mass is 10.0. The highest BCUT2D eigenvalue weighted by molar-refractivity contribution is 9.10. The van der Waals surface area contributed by atoms with Gasteiger partial charge in [0.1, 0.15) is 11.8 Å². The Bertz CT molecular complexity index is 1180. The standard InChI is InChI=1S/C30H34BrClN2O3/c1-20(2)17-33-30(36)27(16-23-8-6-5-7-9-23)34(18-24-10-12-25(32)13-11-24)28(35)19-37-26-14-21(3)29(31)22(4)15-26/h5-15,20,27H,16-19H2,1-4H3,(H,33,36)/t27-/m1/s1. The molecule has 0 aliphatic carbocycles. The Kier molecular flexibility index (Phi) is 10.6. The van der Waals surface area contributed by atoms with Crippen LogP contribution in [0.3, 0.4) is 0 Å². The Labute approximate surface area is 233 Å². The zero-order chi connectivity index (χ0) is 26.9. The molecule has 0 saturated carbocycles. The summed E-state index contributed by atoms with van der Waals surface area (Å²) in [5.74, 6) is 0.444. The third-order valence-corrected chi connectivity index (χ3v) is 7.50. The second-order valence-corrected chi connectivity index (χ2v) is 10.9. The monoisotopic (exact) mass is 584 g/mol. The smallest absolute Gasteiger partial charge is 0.261 e. The summed E-state index contributed by atoms with van der Waals surface area (Å²) >= 11 is 9.65. The van der Waals surface area contributed by atoms with Crippen molar-refractivity contribution in [2.45, 2.75) is 46.7 Å². The zero-order valence-electron chi connectivity index (χ0n) is 21.8. The van der Waals surface area contributed by atoms with Crippen molar-refractivity contribution < 1.29 is 14.3 Å². The van der Waals surface area contributed by atoms with Gasteiger partial charge in [0.05, 0.1) is 0 Å². The van der Waals surface area contributed by atoms with E-state index in [0.717, 1.165) is 26.7 Å². The van der Waals surface area contributed by atoms with Gasteiger partial charge in [-0.1, -0.05) is 83.8 Å². The van der Waals surface area contributed by atoms with Crippen LogP contribution in [0.1, 0.15) is 36.1 Å². The molecule has 0 heterocycles. The molecule has 1 N–H and O–H groups in total. The second-order valence-electron chi connectivity index (χ2n) is 9.65. The number of aryl methyl sites for hydroxylation is 2. The molecule has 1 atom stereocenters. The lowest BCUT2D eigenvalue weighted by Crippen LogP contribution is -2.52. The molecule has 0 aromatic heterocycles. The number of halogens is 2. The number of hydrogen-bond donors (Lipinski definition) is 1. The predicted octanol–water partition coefficient (Wildman–Crippen LogP) is 6.51. The average Bonchev–Trinajstić information content (AvgIpc) is 2.88. The van der Waals surface area contributed by atoms with E-state index < -0.39 is 6.04 Å². The van der Waals surface area contributed by atoms with E-state index in [4.69, 9.17) is 16.3 Å². The first-order valence-electron chi connectivity index (χ1n) is 12.4. The Balaban J connectivity index is 1.91. The molecule has 0 bridgehead atoms. The van der Waals surface area contributed by atoms with Gasteiger partial charge in [-0.15, -0.1) is 0 Å². The van der Waals surface area contributed by atoms with E-state index in [1.807, 2.05) is 82.3 Å². The van der Waals surface area contributed by atoms with E-state index in [1.54, 1.807) is 17.0 Å². The van der Waals surface area contributed by atoms with Crippen LogP contribution in [0.5, 0.6) is 5.75 Å². The molecule has 2 amide bonds. The van der Waals surface area contributed by atoms with E-state index in [1.165, 1.54) is 0 Å². The average molecular weight is 586 g/mol. The minimum Gasteiger partial charge on any atom is -0.484 e. The van der Waals surface area contributed by atoms with Gasteiger partial charge in [-0.05, 0) is 66.3 Å². The first kappa shape index (κ1) is 28.7. The number of hydrogen-bond acceptors (Lipinski definition) is 3. The van der Waals surface area contributed by atoms with Crippen molar-refractivity contribution in [3.63, 3.8) is 0 Å². The number of nitrogens with zero attached hydrogens (tertiary/aromatic N) is 1. The quantitative estimate of drug-likeness (QED) is 0.279. The van der Waals surface area contributed by atoms with Crippen molar-refractivity contribution in [3.8, 4) is 5.75 Å². The fraction of sp³-hybridized carbons (Fsp3) is 0.333. The maximum absolute atomic E-state index is 13.7. The van der Waals surface area contributed by atoms with Crippen molar-refractivity contribution in [1.82, 2.24) is 10.2 Å². The number of rotatable bonds is 11. The van der Waals surface area contributed by atoms with Crippen LogP contribution in [0.4, 0.5) is 0 Å². The number of nitrogens with one attached hydrogen (secondary N) is 1. The minimum absolute atomic E-state index is 0.184. The zero-order valence-corrected chi connectivity index (χ0v) is 24.1. The van der Waals surface area contributed by atoms with Crippen LogP contribution in [-0.2, 0) is 22.6 Å². The molecule has 0 spiro atoms. The van der Waals surface area contributed by atoms with Crippen LogP contribution in [0.25, 0.3) is 0 Å². The number of amides is 2. The molecular weight excluding hydrogens is 552 g/mol. The van der Waals surface area contributed by atoms with Gasteiger partial charge < -0.3 is 15.0 Å². The van der Waals surface area contributed by atoms with Crippen molar-refractivity contribution in [1.29, 1.82) is 0 Å². The van der Waals surface area contributed by atoms with E-state index >= 15 is 0 Å². The van der Waals surface area contributed by atoms with Crippen LogP contribution in [-0.4, -0.2) is 35.9 Å². The van der Waals surface area contributed by atoms with Gasteiger partial charge in [-0.2, -0.15) is 0 Å². The van der Waals surface area contributed by atoms with Crippen molar-refractivity contribution in [2.24, 2.45) is 5.92 Å². The van der Waals surface area contributed by atoms with Gasteiger partial charge in [0.15, 0.2) is 6.61 Å². The van der Waals surface area contributed by atoms with E-state index in [2.05, 4.69) is 21.2 Å². The summed E-state index contributed by atoms with van der Waals surface area (Å²) in [4.78, 5) is 28.8. The third kappa shape index (κ3) is 8.61. The topological polar surface area (TPSA) is 58.6 Å². The van der Waals surface area contributed by atoms with Crippen LogP contribution >= 0.6 is 27.5 Å². The molecular formula is C30H34BrClN2O3. The Morgan fingerprint density at radius 2 is 1.59 bits per heavy atom. The molecule has 0 radical (unpaired) electrons. The van der Waals surface area contributed by atoms with E-state index in [9.17, 15) is 9.59 Å². The fourth-order valence-corrected chi connectivity index (χ4v) is 4.34. The summed E-state index contributed by atoms with van der Waals surface area (Å²) in [5, 5.41) is 3.64. The number of carbonyl (C=O) groups is 2. The highest BCUT2D eigenvalue weighted by atomic mass is 79.9. The summed E-state index contributed by atoms with van der Waals surface area (Å²) in [6, 6.07) is 20.1. The Morgan fingerprint density at radius 3 is 2.19 bits per heavy atom. The van der Waals surface area contributed by atoms with Gasteiger partial charge in [-0.3, -0.25) is 9.59 Å². The van der Waals surface area contributed by atoms with Gasteiger partial charge in [0.2, 0.25) is 5.91 Å². The summed E-state index contributed by atoms with van der Waals surface area (Å²) < 4.78 is 6.95. The number of carbonyl (C=O) groups excluding carboxylic acids is 2. The molecule has 0 fully saturated rings. The Morgan fingerprint density at radius 1 is 0.973 bits per heavy atom. The van der Waals surface area contributed by atoms with Gasteiger partial charge in [0, 0.05) is 29.0 Å². The predicted molar refractivity (Wildman–Crippen MR) is 153 cm³/mol. The fourth-order valence-electron chi connectivity index (χ4n) is 3.98. The molecule has 196 valence electrons. The van der Waals surface area contributed by atoms with Gasteiger partial charge in [0.25, 0.3) is 5.91 Å². The lowest BCUT2D eigenvalue weighted by Gasteiger charge is -2.31. The highest BCUT2D eigenvalue weighted by Gasteiger charge is 2.30. The van der Waals surface area contributed by atoms with E-state index in [0.29, 0.717) is 23.7 Å². The molecule has 0 aliphatic rings. The molecule has 7 heteroatoms. The molecule has 37 heavy (non-hydrogen) atoms. The van der Waals surface area contributed by atoms with Crippen LogP contribution in [0.15, 0.2) is 71.2 Å². The normalized spacial score (nSPS) is 11.8. The molecule has 0 saturated heterocycles. The van der Waals surface area contributed by atoms with Crippen molar-refractivity contribution in [2.75, 3.05) is 13.2 Å². The lowest BCUT2D eigenvalue weighted by molar-refractivity contribution is -0.142. The first-order chi connectivity index (χ1) is 17.6. The third-order valence-electron chi connectivity index (χ3n) is 5.99. The molecule has 0 unspecified atom stereocenters. The molecule has 3 rings (SSSR count). The summed E-state index contributed by atoms with van der Waals surface area (Å²) in [6.45, 7) is 8.64. The highest BCUT2D eigenvalue weighted by Crippen LogP contribution is 2.26. The summed E-state index contributed by atoms with van der Waals surface area (Å²) in [6.07, 6.45) is 0.389. The molecule has 3 aromatic rings. The number of ether oxygens (including phenoxy) is 1. The SMILES string of the molecule is Cc1cc(OCC(=O)N(Cc2ccc(Cl)cc2)[C@H](Cc2ccccc2)C(=O)NCC(C)C)cc(C)c1Br.